The number of aryl methyl sites for hydroxylation is 2. The monoisotopic (exact) mass is 267 g/mol. The third-order valence-corrected chi connectivity index (χ3v) is 3.80. The highest BCUT2D eigenvalue weighted by Gasteiger charge is 2.19. The van der Waals surface area contributed by atoms with Gasteiger partial charge < -0.3 is 4.90 Å². The average Bonchev–Trinajstić information content (AvgIpc) is 2.46. The van der Waals surface area contributed by atoms with Crippen molar-refractivity contribution in [2.24, 2.45) is 0 Å². The normalized spacial score (nSPS) is 12.0. The second kappa shape index (κ2) is 5.91. The summed E-state index contributed by atoms with van der Waals surface area (Å²) in [7, 11) is 1.86. The molecule has 0 aliphatic heterocycles. The highest BCUT2D eigenvalue weighted by atomic mass is 16.2. The molecule has 2 aromatic rings. The molecule has 0 aromatic heterocycles. The van der Waals surface area contributed by atoms with Gasteiger partial charge in [-0.3, -0.25) is 4.79 Å². The Morgan fingerprint density at radius 2 is 1.70 bits per heavy atom. The lowest BCUT2D eigenvalue weighted by Crippen LogP contribution is -2.30. The van der Waals surface area contributed by atoms with Gasteiger partial charge in [-0.1, -0.05) is 48.0 Å². The molecule has 0 spiro atoms. The van der Waals surface area contributed by atoms with Gasteiger partial charge in [-0.25, -0.2) is 0 Å². The van der Waals surface area contributed by atoms with Crippen LogP contribution in [-0.2, 0) is 0 Å². The second-order valence-corrected chi connectivity index (χ2v) is 5.32. The van der Waals surface area contributed by atoms with E-state index in [0.717, 1.165) is 16.7 Å². The highest BCUT2D eigenvalue weighted by Crippen LogP contribution is 2.21. The number of carbonyl (C=O) groups is 1. The van der Waals surface area contributed by atoms with Gasteiger partial charge in [0.05, 0.1) is 6.04 Å². The van der Waals surface area contributed by atoms with Crippen LogP contribution in [0, 0.1) is 13.8 Å². The maximum absolute atomic E-state index is 12.6. The summed E-state index contributed by atoms with van der Waals surface area (Å²) in [5, 5.41) is 0. The Hall–Kier alpha value is -2.09. The quantitative estimate of drug-likeness (QED) is 0.818. The van der Waals surface area contributed by atoms with Crippen LogP contribution in [-0.4, -0.2) is 17.9 Å². The average molecular weight is 267 g/mol. The Balaban J connectivity index is 2.24. The van der Waals surface area contributed by atoms with Crippen LogP contribution in [0.2, 0.25) is 0 Å². The van der Waals surface area contributed by atoms with E-state index in [9.17, 15) is 4.79 Å². The minimum atomic E-state index is 0.0596. The first-order valence-electron chi connectivity index (χ1n) is 6.90. The molecule has 0 heterocycles. The molecule has 20 heavy (non-hydrogen) atoms. The number of carbonyl (C=O) groups excluding carboxylic acids is 1. The van der Waals surface area contributed by atoms with Crippen LogP contribution in [0.1, 0.15) is 40.0 Å². The van der Waals surface area contributed by atoms with Crippen molar-refractivity contribution in [3.05, 3.63) is 70.8 Å². The lowest BCUT2D eigenvalue weighted by atomic mass is 10.0. The van der Waals surface area contributed by atoms with Crippen molar-refractivity contribution in [2.75, 3.05) is 7.05 Å². The van der Waals surface area contributed by atoms with Crippen LogP contribution in [0.4, 0.5) is 0 Å². The van der Waals surface area contributed by atoms with Gasteiger partial charge in [0, 0.05) is 12.6 Å². The van der Waals surface area contributed by atoms with Gasteiger partial charge in [0.25, 0.3) is 5.91 Å². The Morgan fingerprint density at radius 1 is 1.05 bits per heavy atom. The van der Waals surface area contributed by atoms with Gasteiger partial charge in [-0.2, -0.15) is 0 Å². The molecule has 0 bridgehead atoms. The number of rotatable bonds is 3. The van der Waals surface area contributed by atoms with Crippen LogP contribution < -0.4 is 0 Å². The van der Waals surface area contributed by atoms with Crippen molar-refractivity contribution >= 4 is 5.91 Å². The Labute approximate surface area is 121 Å². The minimum Gasteiger partial charge on any atom is -0.335 e. The van der Waals surface area contributed by atoms with E-state index in [1.165, 1.54) is 5.56 Å². The van der Waals surface area contributed by atoms with Crippen molar-refractivity contribution < 1.29 is 4.79 Å². The Kier molecular flexibility index (Phi) is 4.23. The van der Waals surface area contributed by atoms with Crippen LogP contribution in [0.5, 0.6) is 0 Å². The molecule has 0 N–H and O–H groups in total. The molecular formula is C18H21NO. The lowest BCUT2D eigenvalue weighted by molar-refractivity contribution is 0.0742. The molecule has 2 heteroatoms. The number of hydrogen-bond acceptors (Lipinski definition) is 1. The number of hydrogen-bond donors (Lipinski definition) is 0. The van der Waals surface area contributed by atoms with Gasteiger partial charge in [-0.05, 0) is 38.0 Å². The lowest BCUT2D eigenvalue weighted by Gasteiger charge is -2.26. The van der Waals surface area contributed by atoms with Gasteiger partial charge in [0.1, 0.15) is 0 Å². The van der Waals surface area contributed by atoms with Crippen molar-refractivity contribution in [3.8, 4) is 0 Å². The smallest absolute Gasteiger partial charge is 0.254 e. The van der Waals surface area contributed by atoms with Gasteiger partial charge in [-0.15, -0.1) is 0 Å². The van der Waals surface area contributed by atoms with E-state index in [-0.39, 0.29) is 11.9 Å². The third kappa shape index (κ3) is 2.90. The molecule has 0 aliphatic rings. The molecule has 1 unspecified atom stereocenters. The first-order chi connectivity index (χ1) is 9.50. The first kappa shape index (κ1) is 14.3. The van der Waals surface area contributed by atoms with Crippen LogP contribution in [0.25, 0.3) is 0 Å². The maximum Gasteiger partial charge on any atom is 0.254 e. The third-order valence-electron chi connectivity index (χ3n) is 3.80. The molecule has 0 aliphatic carbocycles. The topological polar surface area (TPSA) is 20.3 Å². The van der Waals surface area contributed by atoms with E-state index in [0.29, 0.717) is 0 Å². The van der Waals surface area contributed by atoms with E-state index in [4.69, 9.17) is 0 Å². The molecule has 0 radical (unpaired) electrons. The number of benzene rings is 2. The molecule has 1 amide bonds. The molecule has 0 saturated heterocycles. The van der Waals surface area contributed by atoms with Gasteiger partial charge in [0.2, 0.25) is 0 Å². The molecule has 0 saturated carbocycles. The Bertz CT molecular complexity index is 604. The fourth-order valence-electron chi connectivity index (χ4n) is 2.37. The molecular weight excluding hydrogens is 246 g/mol. The summed E-state index contributed by atoms with van der Waals surface area (Å²) in [5.74, 6) is 0.0684. The SMILES string of the molecule is Cc1ccc(C(=O)N(C)C(C)c2ccccc2)c(C)c1. The van der Waals surface area contributed by atoms with E-state index in [1.807, 2.05) is 57.3 Å². The summed E-state index contributed by atoms with van der Waals surface area (Å²) >= 11 is 0. The highest BCUT2D eigenvalue weighted by molar-refractivity contribution is 5.95. The first-order valence-corrected chi connectivity index (χ1v) is 6.90. The van der Waals surface area contributed by atoms with Crippen LogP contribution >= 0.6 is 0 Å². The minimum absolute atomic E-state index is 0.0596. The zero-order chi connectivity index (χ0) is 14.7. The number of nitrogens with zero attached hydrogens (tertiary/aromatic N) is 1. The predicted molar refractivity (Wildman–Crippen MR) is 82.9 cm³/mol. The summed E-state index contributed by atoms with van der Waals surface area (Å²) in [6.45, 7) is 6.08. The molecule has 1 atom stereocenters. The van der Waals surface area contributed by atoms with Crippen molar-refractivity contribution in [1.82, 2.24) is 4.90 Å². The summed E-state index contributed by atoms with van der Waals surface area (Å²) < 4.78 is 0. The van der Waals surface area contributed by atoms with Crippen molar-refractivity contribution in [1.29, 1.82) is 0 Å². The molecule has 0 fully saturated rings. The fourth-order valence-corrected chi connectivity index (χ4v) is 2.37. The van der Waals surface area contributed by atoms with E-state index in [2.05, 4.69) is 19.1 Å². The van der Waals surface area contributed by atoms with Gasteiger partial charge in [0.15, 0.2) is 0 Å². The largest absolute Gasteiger partial charge is 0.335 e. The standard InChI is InChI=1S/C18H21NO/c1-13-10-11-17(14(2)12-13)18(20)19(4)15(3)16-8-6-5-7-9-16/h5-12,15H,1-4H3. The van der Waals surface area contributed by atoms with Crippen LogP contribution in [0.3, 0.4) is 0 Å². The molecule has 104 valence electrons. The predicted octanol–water partition coefficient (Wildman–Crippen LogP) is 4.14. The zero-order valence-electron chi connectivity index (χ0n) is 12.6. The van der Waals surface area contributed by atoms with E-state index in [1.54, 1.807) is 4.90 Å². The summed E-state index contributed by atoms with van der Waals surface area (Å²) in [6.07, 6.45) is 0. The second-order valence-electron chi connectivity index (χ2n) is 5.32. The van der Waals surface area contributed by atoms with Gasteiger partial charge >= 0.3 is 0 Å². The molecule has 2 rings (SSSR count). The summed E-state index contributed by atoms with van der Waals surface area (Å²) in [5.41, 5.74) is 4.13. The fraction of sp³-hybridized carbons (Fsp3) is 0.278. The zero-order valence-corrected chi connectivity index (χ0v) is 12.6. The summed E-state index contributed by atoms with van der Waals surface area (Å²) in [6, 6.07) is 16.1. The maximum atomic E-state index is 12.6. The summed E-state index contributed by atoms with van der Waals surface area (Å²) in [4.78, 5) is 14.4. The van der Waals surface area contributed by atoms with Crippen molar-refractivity contribution in [3.63, 3.8) is 0 Å². The molecule has 2 aromatic carbocycles. The number of amides is 1. The van der Waals surface area contributed by atoms with E-state index >= 15 is 0 Å². The van der Waals surface area contributed by atoms with Crippen molar-refractivity contribution in [2.45, 2.75) is 26.8 Å². The van der Waals surface area contributed by atoms with E-state index < -0.39 is 0 Å². The molecule has 2 nitrogen and oxygen atoms in total. The Morgan fingerprint density at radius 3 is 2.30 bits per heavy atom. The van der Waals surface area contributed by atoms with Crippen LogP contribution in [0.15, 0.2) is 48.5 Å².